The van der Waals surface area contributed by atoms with E-state index in [2.05, 4.69) is 15.3 Å². The molecule has 1 N–H and O–H groups in total. The summed E-state index contributed by atoms with van der Waals surface area (Å²) in [4.78, 5) is 8.79. The standard InChI is InChI=1S/C13H12ClN3/c14-10-5-6-11(17-12-4-2-7-15-12)13-9(10)3-1-8-16-13/h1,3,5-6,8H,2,4,7H2,(H,15,17). The van der Waals surface area contributed by atoms with Gasteiger partial charge in [-0.3, -0.25) is 9.98 Å². The number of anilines is 1. The molecule has 0 fully saturated rings. The maximum atomic E-state index is 6.15. The highest BCUT2D eigenvalue weighted by Crippen LogP contribution is 2.28. The zero-order chi connectivity index (χ0) is 11.7. The molecule has 0 atom stereocenters. The minimum Gasteiger partial charge on any atom is -0.342 e. The van der Waals surface area contributed by atoms with Crippen LogP contribution in [0.1, 0.15) is 12.8 Å². The number of fused-ring (bicyclic) bond motifs is 1. The lowest BCUT2D eigenvalue weighted by molar-refractivity contribution is 0.951. The summed E-state index contributed by atoms with van der Waals surface area (Å²) in [6, 6.07) is 7.72. The molecule has 0 amide bonds. The van der Waals surface area contributed by atoms with Gasteiger partial charge in [0.2, 0.25) is 0 Å². The van der Waals surface area contributed by atoms with Crippen LogP contribution >= 0.6 is 11.6 Å². The lowest BCUT2D eigenvalue weighted by atomic mass is 10.2. The Morgan fingerprint density at radius 1 is 1.24 bits per heavy atom. The first kappa shape index (κ1) is 10.5. The molecule has 2 heterocycles. The number of aromatic nitrogens is 1. The van der Waals surface area contributed by atoms with Crippen LogP contribution in [0.15, 0.2) is 35.5 Å². The van der Waals surface area contributed by atoms with E-state index in [0.29, 0.717) is 0 Å². The monoisotopic (exact) mass is 245 g/mol. The number of hydrogen-bond donors (Lipinski definition) is 1. The highest BCUT2D eigenvalue weighted by atomic mass is 35.5. The van der Waals surface area contributed by atoms with E-state index >= 15 is 0 Å². The Morgan fingerprint density at radius 2 is 2.18 bits per heavy atom. The third-order valence-electron chi connectivity index (χ3n) is 2.87. The highest BCUT2D eigenvalue weighted by molar-refractivity contribution is 6.35. The maximum Gasteiger partial charge on any atom is 0.101 e. The van der Waals surface area contributed by atoms with Crippen molar-refractivity contribution in [2.24, 2.45) is 4.99 Å². The summed E-state index contributed by atoms with van der Waals surface area (Å²) in [5.41, 5.74) is 1.88. The van der Waals surface area contributed by atoms with E-state index < -0.39 is 0 Å². The molecule has 3 nitrogen and oxygen atoms in total. The van der Waals surface area contributed by atoms with Crippen molar-refractivity contribution in [1.29, 1.82) is 0 Å². The molecule has 0 unspecified atom stereocenters. The Bertz CT molecular complexity index is 592. The first-order valence-corrected chi connectivity index (χ1v) is 6.06. The number of nitrogens with zero attached hydrogens (tertiary/aromatic N) is 2. The number of amidine groups is 1. The van der Waals surface area contributed by atoms with Crippen molar-refractivity contribution in [2.45, 2.75) is 12.8 Å². The van der Waals surface area contributed by atoms with E-state index in [9.17, 15) is 0 Å². The first-order chi connectivity index (χ1) is 8.34. The molecule has 0 bridgehead atoms. The number of benzene rings is 1. The zero-order valence-corrected chi connectivity index (χ0v) is 10.0. The van der Waals surface area contributed by atoms with Crippen LogP contribution < -0.4 is 5.32 Å². The van der Waals surface area contributed by atoms with Crippen LogP contribution in [0.25, 0.3) is 10.9 Å². The van der Waals surface area contributed by atoms with Crippen LogP contribution in [0.5, 0.6) is 0 Å². The van der Waals surface area contributed by atoms with Crippen molar-refractivity contribution in [3.63, 3.8) is 0 Å². The summed E-state index contributed by atoms with van der Waals surface area (Å²) in [6.45, 7) is 0.918. The molecule has 3 rings (SSSR count). The summed E-state index contributed by atoms with van der Waals surface area (Å²) < 4.78 is 0. The lowest BCUT2D eigenvalue weighted by Crippen LogP contribution is -2.08. The normalized spacial score (nSPS) is 15.0. The van der Waals surface area contributed by atoms with Crippen LogP contribution in [0.4, 0.5) is 5.69 Å². The molecule has 86 valence electrons. The Morgan fingerprint density at radius 3 is 3.00 bits per heavy atom. The molecule has 0 aliphatic carbocycles. The summed E-state index contributed by atoms with van der Waals surface area (Å²) in [7, 11) is 0. The Kier molecular flexibility index (Phi) is 2.69. The van der Waals surface area contributed by atoms with Gasteiger partial charge in [-0.05, 0) is 30.7 Å². The van der Waals surface area contributed by atoms with E-state index in [1.54, 1.807) is 6.20 Å². The quantitative estimate of drug-likeness (QED) is 0.835. The number of nitrogens with one attached hydrogen (secondary N) is 1. The second-order valence-corrected chi connectivity index (χ2v) is 4.46. The van der Waals surface area contributed by atoms with E-state index in [1.807, 2.05) is 24.3 Å². The fourth-order valence-electron chi connectivity index (χ4n) is 2.04. The van der Waals surface area contributed by atoms with Gasteiger partial charge >= 0.3 is 0 Å². The van der Waals surface area contributed by atoms with Gasteiger partial charge in [-0.25, -0.2) is 0 Å². The molecular weight excluding hydrogens is 234 g/mol. The third-order valence-corrected chi connectivity index (χ3v) is 3.20. The van der Waals surface area contributed by atoms with Gasteiger partial charge < -0.3 is 5.32 Å². The smallest absolute Gasteiger partial charge is 0.101 e. The average molecular weight is 246 g/mol. The van der Waals surface area contributed by atoms with Gasteiger partial charge in [0.25, 0.3) is 0 Å². The zero-order valence-electron chi connectivity index (χ0n) is 9.28. The van der Waals surface area contributed by atoms with E-state index in [4.69, 9.17) is 11.6 Å². The molecule has 4 heteroatoms. The van der Waals surface area contributed by atoms with Crippen molar-refractivity contribution in [3.8, 4) is 0 Å². The minimum atomic E-state index is 0.729. The van der Waals surface area contributed by atoms with Gasteiger partial charge in [-0.15, -0.1) is 0 Å². The highest BCUT2D eigenvalue weighted by Gasteiger charge is 2.10. The van der Waals surface area contributed by atoms with Gasteiger partial charge in [0.15, 0.2) is 0 Å². The third kappa shape index (κ3) is 1.98. The fourth-order valence-corrected chi connectivity index (χ4v) is 2.25. The predicted octanol–water partition coefficient (Wildman–Crippen LogP) is 3.49. The molecule has 1 aliphatic rings. The lowest BCUT2D eigenvalue weighted by Gasteiger charge is -2.09. The van der Waals surface area contributed by atoms with Crippen molar-refractivity contribution >= 4 is 34.0 Å². The van der Waals surface area contributed by atoms with Crippen molar-refractivity contribution in [1.82, 2.24) is 4.98 Å². The summed E-state index contributed by atoms with van der Waals surface area (Å²) in [6.07, 6.45) is 3.92. The molecule has 0 radical (unpaired) electrons. The van der Waals surface area contributed by atoms with E-state index in [0.717, 1.165) is 46.8 Å². The van der Waals surface area contributed by atoms with Crippen LogP contribution in [0, 0.1) is 0 Å². The predicted molar refractivity (Wildman–Crippen MR) is 71.9 cm³/mol. The number of halogens is 1. The molecule has 0 saturated heterocycles. The van der Waals surface area contributed by atoms with Crippen molar-refractivity contribution in [3.05, 3.63) is 35.5 Å². The molecule has 0 spiro atoms. The minimum absolute atomic E-state index is 0.729. The largest absolute Gasteiger partial charge is 0.342 e. The number of pyridine rings is 1. The Hall–Kier alpha value is -1.61. The SMILES string of the molecule is Clc1ccc(NC2=NCCC2)c2ncccc12. The second kappa shape index (κ2) is 4.34. The van der Waals surface area contributed by atoms with Crippen molar-refractivity contribution < 1.29 is 0 Å². The molecule has 0 saturated carbocycles. The van der Waals surface area contributed by atoms with Gasteiger partial charge in [-0.2, -0.15) is 0 Å². The van der Waals surface area contributed by atoms with Gasteiger partial charge in [0.05, 0.1) is 16.2 Å². The Labute approximate surface area is 105 Å². The topological polar surface area (TPSA) is 37.3 Å². The van der Waals surface area contributed by atoms with Gasteiger partial charge in [-0.1, -0.05) is 11.6 Å². The number of hydrogen-bond acceptors (Lipinski definition) is 3. The van der Waals surface area contributed by atoms with Crippen LogP contribution in [0.2, 0.25) is 5.02 Å². The molecule has 1 aromatic heterocycles. The molecule has 17 heavy (non-hydrogen) atoms. The summed E-state index contributed by atoms with van der Waals surface area (Å²) in [5, 5.41) is 5.04. The number of aliphatic imine (C=N–C) groups is 1. The van der Waals surface area contributed by atoms with Crippen LogP contribution in [0.3, 0.4) is 0 Å². The second-order valence-electron chi connectivity index (χ2n) is 4.05. The van der Waals surface area contributed by atoms with Gasteiger partial charge in [0.1, 0.15) is 5.84 Å². The first-order valence-electron chi connectivity index (χ1n) is 5.68. The van der Waals surface area contributed by atoms with Gasteiger partial charge in [0, 0.05) is 24.5 Å². The molecule has 2 aromatic rings. The van der Waals surface area contributed by atoms with E-state index in [1.165, 1.54) is 0 Å². The van der Waals surface area contributed by atoms with E-state index in [-0.39, 0.29) is 0 Å². The van der Waals surface area contributed by atoms with Crippen molar-refractivity contribution in [2.75, 3.05) is 11.9 Å². The Balaban J connectivity index is 2.07. The fraction of sp³-hybridized carbons (Fsp3) is 0.231. The summed E-state index contributed by atoms with van der Waals surface area (Å²) in [5.74, 6) is 1.04. The maximum absolute atomic E-state index is 6.15. The summed E-state index contributed by atoms with van der Waals surface area (Å²) >= 11 is 6.15. The molecule has 1 aromatic carbocycles. The molecular formula is C13H12ClN3. The van der Waals surface area contributed by atoms with Crippen LogP contribution in [-0.2, 0) is 0 Å². The average Bonchev–Trinajstić information content (AvgIpc) is 2.86. The van der Waals surface area contributed by atoms with Crippen LogP contribution in [-0.4, -0.2) is 17.4 Å². The number of rotatable bonds is 1. The molecule has 1 aliphatic heterocycles.